The molecule has 1 unspecified atom stereocenters. The molecule has 0 aromatic heterocycles. The number of ether oxygens (including phenoxy) is 2. The fraction of sp³-hybridized carbons (Fsp3) is 0.750. The molecule has 0 bridgehead atoms. The lowest BCUT2D eigenvalue weighted by atomic mass is 9.99. The van der Waals surface area contributed by atoms with Gasteiger partial charge in [-0.1, -0.05) is 19.3 Å². The number of rotatable bonds is 5. The van der Waals surface area contributed by atoms with Crippen LogP contribution in [0.4, 0.5) is 5.69 Å². The topological polar surface area (TPSA) is 38.8 Å². The first-order valence-corrected chi connectivity index (χ1v) is 15.7. The minimum Gasteiger partial charge on any atom is -0.497 e. The van der Waals surface area contributed by atoms with Crippen LogP contribution in [0.15, 0.2) is 18.2 Å². The Bertz CT molecular complexity index is 779. The van der Waals surface area contributed by atoms with Gasteiger partial charge in [-0.3, -0.25) is 4.79 Å². The molecule has 1 aromatic rings. The van der Waals surface area contributed by atoms with Gasteiger partial charge < -0.3 is 14.4 Å². The van der Waals surface area contributed by atoms with Gasteiger partial charge in [0.2, 0.25) is 0 Å². The lowest BCUT2D eigenvalue weighted by molar-refractivity contribution is -0.122. The normalized spacial score (nSPS) is 26.1. The van der Waals surface area contributed by atoms with Crippen molar-refractivity contribution in [2.75, 3.05) is 19.1 Å². The van der Waals surface area contributed by atoms with E-state index in [4.69, 9.17) is 9.47 Å². The fourth-order valence-corrected chi connectivity index (χ4v) is 15.4. The molecular weight excluding hydrogens is 429 g/mol. The van der Waals surface area contributed by atoms with Crippen molar-refractivity contribution in [1.82, 2.24) is 0 Å². The van der Waals surface area contributed by atoms with Crippen LogP contribution in [0, 0.1) is 0 Å². The zero-order valence-corrected chi connectivity index (χ0v) is 21.7. The molecule has 5 heteroatoms. The van der Waals surface area contributed by atoms with E-state index < -0.39 is 7.26 Å². The number of nitrogens with zero attached hydrogens (tertiary/aromatic N) is 1. The average Bonchev–Trinajstić information content (AvgIpc) is 2.89. The molecule has 0 spiro atoms. The second-order valence-corrected chi connectivity index (χ2v) is 15.4. The summed E-state index contributed by atoms with van der Waals surface area (Å²) in [5.74, 6) is 1.65. The molecule has 1 atom stereocenters. The minimum atomic E-state index is -1.72. The summed E-state index contributed by atoms with van der Waals surface area (Å²) < 4.78 is 12.5. The van der Waals surface area contributed by atoms with Crippen LogP contribution >= 0.6 is 7.26 Å². The van der Waals surface area contributed by atoms with E-state index in [0.29, 0.717) is 17.0 Å². The SMILES string of the molecule is COc1ccc2c(c1)OC([P+](C1CCCCC1)(C1CCCCC1)C1CCCCC1)C(=O)N2C. The van der Waals surface area contributed by atoms with E-state index in [-0.39, 0.29) is 11.8 Å². The van der Waals surface area contributed by atoms with Gasteiger partial charge in [0.15, 0.2) is 5.75 Å². The number of amides is 1. The Hall–Kier alpha value is -1.28. The summed E-state index contributed by atoms with van der Waals surface area (Å²) in [6.07, 6.45) is 20.1. The zero-order chi connectivity index (χ0) is 22.8. The van der Waals surface area contributed by atoms with Crippen molar-refractivity contribution >= 4 is 18.9 Å². The molecule has 4 aliphatic rings. The lowest BCUT2D eigenvalue weighted by Crippen LogP contribution is -2.52. The molecule has 0 radical (unpaired) electrons. The van der Waals surface area contributed by atoms with Gasteiger partial charge in [-0.2, -0.15) is 0 Å². The van der Waals surface area contributed by atoms with E-state index in [9.17, 15) is 4.79 Å². The highest BCUT2D eigenvalue weighted by atomic mass is 31.2. The van der Waals surface area contributed by atoms with Crippen LogP contribution in [-0.4, -0.2) is 42.9 Å². The molecule has 0 N–H and O–H groups in total. The Balaban J connectivity index is 1.63. The summed E-state index contributed by atoms with van der Waals surface area (Å²) in [4.78, 5) is 16.1. The predicted molar refractivity (Wildman–Crippen MR) is 138 cm³/mol. The Morgan fingerprint density at radius 1 is 0.818 bits per heavy atom. The van der Waals surface area contributed by atoms with Crippen molar-refractivity contribution in [1.29, 1.82) is 0 Å². The summed E-state index contributed by atoms with van der Waals surface area (Å²) in [5.41, 5.74) is 3.04. The van der Waals surface area contributed by atoms with Crippen LogP contribution in [0.2, 0.25) is 0 Å². The van der Waals surface area contributed by atoms with Crippen molar-refractivity contribution in [3.63, 3.8) is 0 Å². The smallest absolute Gasteiger partial charge is 0.307 e. The molecule has 182 valence electrons. The highest BCUT2D eigenvalue weighted by molar-refractivity contribution is 7.79. The second-order valence-electron chi connectivity index (χ2n) is 11.0. The second kappa shape index (κ2) is 10.1. The van der Waals surface area contributed by atoms with Crippen LogP contribution in [0.25, 0.3) is 0 Å². The van der Waals surface area contributed by atoms with Gasteiger partial charge in [0.1, 0.15) is 5.75 Å². The van der Waals surface area contributed by atoms with Crippen LogP contribution in [-0.2, 0) is 4.79 Å². The monoisotopic (exact) mass is 472 g/mol. The first-order chi connectivity index (χ1) is 16.2. The molecular formula is C28H43NO3P+. The maximum atomic E-state index is 14.2. The van der Waals surface area contributed by atoms with E-state index in [0.717, 1.165) is 17.2 Å². The van der Waals surface area contributed by atoms with Gasteiger partial charge in [-0.25, -0.2) is 0 Å². The molecule has 1 heterocycles. The van der Waals surface area contributed by atoms with Crippen LogP contribution < -0.4 is 14.4 Å². The molecule has 1 aliphatic heterocycles. The maximum absolute atomic E-state index is 14.2. The first kappa shape index (κ1) is 23.5. The van der Waals surface area contributed by atoms with Crippen LogP contribution in [0.3, 0.4) is 0 Å². The Morgan fingerprint density at radius 2 is 1.30 bits per heavy atom. The average molecular weight is 473 g/mol. The van der Waals surface area contributed by atoms with E-state index in [1.807, 2.05) is 30.1 Å². The van der Waals surface area contributed by atoms with Gasteiger partial charge >= 0.3 is 5.91 Å². The molecule has 1 aromatic carbocycles. The van der Waals surface area contributed by atoms with Crippen LogP contribution in [0.5, 0.6) is 11.5 Å². The summed E-state index contributed by atoms with van der Waals surface area (Å²) in [6.45, 7) is 0. The van der Waals surface area contributed by atoms with Crippen molar-refractivity contribution < 1.29 is 14.3 Å². The van der Waals surface area contributed by atoms with Gasteiger partial charge in [0.25, 0.3) is 5.85 Å². The van der Waals surface area contributed by atoms with Crippen molar-refractivity contribution in [2.24, 2.45) is 0 Å². The molecule has 5 rings (SSSR count). The summed E-state index contributed by atoms with van der Waals surface area (Å²) in [6, 6.07) is 5.95. The molecule has 0 saturated heterocycles. The highest BCUT2D eigenvalue weighted by Gasteiger charge is 2.66. The molecule has 3 saturated carbocycles. The highest BCUT2D eigenvalue weighted by Crippen LogP contribution is 2.80. The van der Waals surface area contributed by atoms with E-state index in [1.165, 1.54) is 96.3 Å². The van der Waals surface area contributed by atoms with Crippen molar-refractivity contribution in [2.45, 2.75) is 119 Å². The molecule has 1 amide bonds. The number of hydrogen-bond donors (Lipinski definition) is 0. The summed E-state index contributed by atoms with van der Waals surface area (Å²) >= 11 is 0. The number of benzene rings is 1. The Morgan fingerprint density at radius 3 is 1.76 bits per heavy atom. The number of carbonyl (C=O) groups is 1. The van der Waals surface area contributed by atoms with Gasteiger partial charge in [0, 0.05) is 13.1 Å². The molecule has 3 fully saturated rings. The van der Waals surface area contributed by atoms with Crippen molar-refractivity contribution in [3.05, 3.63) is 18.2 Å². The zero-order valence-electron chi connectivity index (χ0n) is 20.8. The van der Waals surface area contributed by atoms with E-state index in [2.05, 4.69) is 0 Å². The minimum absolute atomic E-state index is 0.239. The third kappa shape index (κ3) is 4.19. The number of fused-ring (bicyclic) bond motifs is 1. The third-order valence-corrected chi connectivity index (χ3v) is 15.8. The predicted octanol–water partition coefficient (Wildman–Crippen LogP) is 7.39. The van der Waals surface area contributed by atoms with Gasteiger partial charge in [-0.15, -0.1) is 0 Å². The fourth-order valence-electron chi connectivity index (χ4n) is 7.78. The standard InChI is InChI=1S/C28H43NO3P/c1-29-25-19-18-21(31-2)20-26(25)32-28(27(29)30)33(22-12-6-3-7-13-22,23-14-8-4-9-15-23)24-16-10-5-11-17-24/h18-20,22-24,28H,3-17H2,1-2H3/q+1. The maximum Gasteiger partial charge on any atom is 0.307 e. The van der Waals surface area contributed by atoms with E-state index >= 15 is 0 Å². The van der Waals surface area contributed by atoms with E-state index in [1.54, 1.807) is 7.11 Å². The van der Waals surface area contributed by atoms with Crippen LogP contribution in [0.1, 0.15) is 96.3 Å². The number of carbonyl (C=O) groups excluding carboxylic acids is 1. The third-order valence-electron chi connectivity index (χ3n) is 9.34. The Labute approximate surface area is 201 Å². The number of methoxy groups -OCH3 is 1. The number of anilines is 1. The molecule has 4 nitrogen and oxygen atoms in total. The van der Waals surface area contributed by atoms with Gasteiger partial charge in [0.05, 0.1) is 37.0 Å². The molecule has 33 heavy (non-hydrogen) atoms. The number of likely N-dealkylation sites (N-methyl/N-ethyl adjacent to an activating group) is 1. The lowest BCUT2D eigenvalue weighted by Gasteiger charge is -2.52. The Kier molecular flexibility index (Phi) is 7.21. The summed E-state index contributed by atoms with van der Waals surface area (Å²) in [5, 5.41) is 0. The summed E-state index contributed by atoms with van der Waals surface area (Å²) in [7, 11) is 1.96. The van der Waals surface area contributed by atoms with Gasteiger partial charge in [-0.05, 0) is 89.2 Å². The first-order valence-electron chi connectivity index (χ1n) is 13.7. The number of hydrogen-bond acceptors (Lipinski definition) is 3. The molecule has 3 aliphatic carbocycles. The van der Waals surface area contributed by atoms with Crippen molar-refractivity contribution in [3.8, 4) is 11.5 Å². The quantitative estimate of drug-likeness (QED) is 0.419. The largest absolute Gasteiger partial charge is 0.497 e.